The van der Waals surface area contributed by atoms with Gasteiger partial charge in [0, 0.05) is 6.61 Å². The van der Waals surface area contributed by atoms with E-state index in [0.29, 0.717) is 12.8 Å². The number of rotatable bonds is 13. The molecule has 19 heavy (non-hydrogen) atoms. The summed E-state index contributed by atoms with van der Waals surface area (Å²) >= 11 is 0. The SMILES string of the molecule is OCCCCC(COCC(O)CO)OCC(O)CO. The van der Waals surface area contributed by atoms with Crippen LogP contribution in [0.2, 0.25) is 0 Å². The molecule has 0 amide bonds. The Labute approximate surface area is 113 Å². The third kappa shape index (κ3) is 11.3. The Balaban J connectivity index is 3.88. The molecule has 3 unspecified atom stereocenters. The lowest BCUT2D eigenvalue weighted by Crippen LogP contribution is -2.29. The predicted octanol–water partition coefficient (Wildman–Crippen LogP) is -1.74. The van der Waals surface area contributed by atoms with Crippen LogP contribution in [0, 0.1) is 0 Å². The molecule has 0 spiro atoms. The molecule has 0 rings (SSSR count). The van der Waals surface area contributed by atoms with Crippen molar-refractivity contribution in [3.63, 3.8) is 0 Å². The van der Waals surface area contributed by atoms with E-state index in [0.717, 1.165) is 6.42 Å². The monoisotopic (exact) mass is 282 g/mol. The first-order valence-electron chi connectivity index (χ1n) is 6.52. The van der Waals surface area contributed by atoms with Crippen molar-refractivity contribution in [3.05, 3.63) is 0 Å². The van der Waals surface area contributed by atoms with Gasteiger partial charge in [0.1, 0.15) is 12.2 Å². The highest BCUT2D eigenvalue weighted by Gasteiger charge is 2.13. The highest BCUT2D eigenvalue weighted by atomic mass is 16.5. The minimum atomic E-state index is -0.927. The van der Waals surface area contributed by atoms with Gasteiger partial charge in [-0.25, -0.2) is 0 Å². The molecule has 0 heterocycles. The van der Waals surface area contributed by atoms with Crippen LogP contribution in [-0.2, 0) is 9.47 Å². The molecule has 0 aromatic carbocycles. The minimum Gasteiger partial charge on any atom is -0.396 e. The zero-order valence-electron chi connectivity index (χ0n) is 11.1. The maximum absolute atomic E-state index is 9.20. The first-order valence-corrected chi connectivity index (χ1v) is 6.52. The van der Waals surface area contributed by atoms with Crippen LogP contribution in [0.3, 0.4) is 0 Å². The lowest BCUT2D eigenvalue weighted by atomic mass is 10.1. The molecule has 0 saturated heterocycles. The van der Waals surface area contributed by atoms with E-state index in [1.807, 2.05) is 0 Å². The molecule has 7 nitrogen and oxygen atoms in total. The van der Waals surface area contributed by atoms with E-state index in [1.54, 1.807) is 0 Å². The van der Waals surface area contributed by atoms with Crippen LogP contribution in [0.5, 0.6) is 0 Å². The third-order valence-electron chi connectivity index (χ3n) is 2.49. The molecule has 0 aliphatic rings. The van der Waals surface area contributed by atoms with Crippen LogP contribution in [-0.4, -0.2) is 83.5 Å². The van der Waals surface area contributed by atoms with E-state index >= 15 is 0 Å². The number of hydrogen-bond acceptors (Lipinski definition) is 7. The fourth-order valence-corrected chi connectivity index (χ4v) is 1.39. The standard InChI is InChI=1S/C12H26O7/c13-4-2-1-3-12(19-8-11(17)6-15)9-18-7-10(16)5-14/h10-17H,1-9H2. The maximum Gasteiger partial charge on any atom is 0.100 e. The lowest BCUT2D eigenvalue weighted by molar-refractivity contribution is -0.0762. The van der Waals surface area contributed by atoms with Gasteiger partial charge in [-0.2, -0.15) is 0 Å². The summed E-state index contributed by atoms with van der Waals surface area (Å²) in [5.74, 6) is 0. The van der Waals surface area contributed by atoms with Gasteiger partial charge >= 0.3 is 0 Å². The van der Waals surface area contributed by atoms with E-state index in [4.69, 9.17) is 29.9 Å². The first-order chi connectivity index (χ1) is 9.13. The van der Waals surface area contributed by atoms with Crippen molar-refractivity contribution in [3.8, 4) is 0 Å². The van der Waals surface area contributed by atoms with Gasteiger partial charge in [-0.3, -0.25) is 0 Å². The predicted molar refractivity (Wildman–Crippen MR) is 67.7 cm³/mol. The second-order valence-corrected chi connectivity index (χ2v) is 4.38. The summed E-state index contributed by atoms with van der Waals surface area (Å²) in [6, 6.07) is 0. The summed E-state index contributed by atoms with van der Waals surface area (Å²) in [4.78, 5) is 0. The van der Waals surface area contributed by atoms with Gasteiger partial charge in [0.2, 0.25) is 0 Å². The number of aliphatic hydroxyl groups excluding tert-OH is 5. The van der Waals surface area contributed by atoms with Gasteiger partial charge in [-0.1, -0.05) is 0 Å². The summed E-state index contributed by atoms with van der Waals surface area (Å²) in [6.07, 6.45) is -0.0686. The normalized spacial score (nSPS) is 16.3. The highest BCUT2D eigenvalue weighted by Crippen LogP contribution is 2.07. The van der Waals surface area contributed by atoms with Crippen molar-refractivity contribution in [2.24, 2.45) is 0 Å². The molecule has 0 radical (unpaired) electrons. The average Bonchev–Trinajstić information content (AvgIpc) is 2.43. The van der Waals surface area contributed by atoms with Crippen LogP contribution in [0.25, 0.3) is 0 Å². The molecule has 3 atom stereocenters. The molecule has 0 aromatic rings. The van der Waals surface area contributed by atoms with Gasteiger partial charge in [-0.15, -0.1) is 0 Å². The van der Waals surface area contributed by atoms with E-state index in [-0.39, 0.29) is 45.7 Å². The van der Waals surface area contributed by atoms with E-state index in [1.165, 1.54) is 0 Å². The topological polar surface area (TPSA) is 120 Å². The van der Waals surface area contributed by atoms with Crippen LogP contribution in [0.1, 0.15) is 19.3 Å². The molecule has 0 aliphatic carbocycles. The Morgan fingerprint density at radius 1 is 0.789 bits per heavy atom. The lowest BCUT2D eigenvalue weighted by Gasteiger charge is -2.20. The summed E-state index contributed by atoms with van der Waals surface area (Å²) < 4.78 is 10.6. The Bertz CT molecular complexity index is 191. The Morgan fingerprint density at radius 2 is 1.42 bits per heavy atom. The van der Waals surface area contributed by atoms with Crippen molar-refractivity contribution in [2.45, 2.75) is 37.6 Å². The largest absolute Gasteiger partial charge is 0.396 e. The molecule has 0 fully saturated rings. The first kappa shape index (κ1) is 18.7. The second kappa shape index (κ2) is 12.7. The third-order valence-corrected chi connectivity index (χ3v) is 2.49. The highest BCUT2D eigenvalue weighted by molar-refractivity contribution is 4.61. The minimum absolute atomic E-state index is 0.00616. The second-order valence-electron chi connectivity index (χ2n) is 4.38. The number of unbranched alkanes of at least 4 members (excludes halogenated alkanes) is 1. The molecule has 0 saturated carbocycles. The number of ether oxygens (including phenoxy) is 2. The molecule has 7 heteroatoms. The maximum atomic E-state index is 9.20. The number of hydrogen-bond donors (Lipinski definition) is 5. The van der Waals surface area contributed by atoms with Gasteiger partial charge in [0.25, 0.3) is 0 Å². The molecule has 116 valence electrons. The van der Waals surface area contributed by atoms with Crippen molar-refractivity contribution >= 4 is 0 Å². The van der Waals surface area contributed by atoms with Crippen molar-refractivity contribution in [1.82, 2.24) is 0 Å². The summed E-state index contributed by atoms with van der Waals surface area (Å²) in [7, 11) is 0. The van der Waals surface area contributed by atoms with Gasteiger partial charge in [-0.05, 0) is 19.3 Å². The zero-order chi connectivity index (χ0) is 14.5. The summed E-state index contributed by atoms with van der Waals surface area (Å²) in [5, 5.41) is 44.3. The van der Waals surface area contributed by atoms with E-state index in [9.17, 15) is 5.11 Å². The Hall–Kier alpha value is -0.280. The smallest absolute Gasteiger partial charge is 0.100 e. The molecule has 0 bridgehead atoms. The van der Waals surface area contributed by atoms with E-state index < -0.39 is 12.2 Å². The number of aliphatic hydroxyl groups is 5. The van der Waals surface area contributed by atoms with Gasteiger partial charge in [0.05, 0.1) is 39.1 Å². The van der Waals surface area contributed by atoms with Gasteiger partial charge in [0.15, 0.2) is 0 Å². The molecular formula is C12H26O7. The van der Waals surface area contributed by atoms with Crippen LogP contribution in [0.4, 0.5) is 0 Å². The fourth-order valence-electron chi connectivity index (χ4n) is 1.39. The average molecular weight is 282 g/mol. The zero-order valence-corrected chi connectivity index (χ0v) is 11.1. The van der Waals surface area contributed by atoms with Crippen molar-refractivity contribution in [1.29, 1.82) is 0 Å². The molecule has 0 aromatic heterocycles. The van der Waals surface area contributed by atoms with Crippen LogP contribution in [0.15, 0.2) is 0 Å². The summed E-state index contributed by atoms with van der Waals surface area (Å²) in [6.45, 7) is -0.380. The van der Waals surface area contributed by atoms with E-state index in [2.05, 4.69) is 0 Å². The molecular weight excluding hydrogens is 256 g/mol. The van der Waals surface area contributed by atoms with Crippen LogP contribution < -0.4 is 0 Å². The van der Waals surface area contributed by atoms with Crippen LogP contribution >= 0.6 is 0 Å². The van der Waals surface area contributed by atoms with Crippen molar-refractivity contribution in [2.75, 3.05) is 39.6 Å². The van der Waals surface area contributed by atoms with Crippen molar-refractivity contribution < 1.29 is 35.0 Å². The Morgan fingerprint density at radius 3 is 2.00 bits per heavy atom. The fraction of sp³-hybridized carbons (Fsp3) is 1.00. The molecule has 5 N–H and O–H groups in total. The quantitative estimate of drug-likeness (QED) is 0.254. The van der Waals surface area contributed by atoms with Gasteiger partial charge < -0.3 is 35.0 Å². The Kier molecular flexibility index (Phi) is 12.6. The summed E-state index contributed by atoms with van der Waals surface area (Å²) in [5.41, 5.74) is 0. The molecule has 0 aliphatic heterocycles.